The quantitative estimate of drug-likeness (QED) is 0.734. The van der Waals surface area contributed by atoms with Gasteiger partial charge in [0.1, 0.15) is 0 Å². The summed E-state index contributed by atoms with van der Waals surface area (Å²) in [6.45, 7) is 6.58. The third-order valence-electron chi connectivity index (χ3n) is 2.38. The van der Waals surface area contributed by atoms with E-state index in [4.69, 9.17) is 0 Å². The van der Waals surface area contributed by atoms with Crippen molar-refractivity contribution in [3.8, 4) is 0 Å². The lowest BCUT2D eigenvalue weighted by Gasteiger charge is -2.25. The lowest BCUT2D eigenvalue weighted by Crippen LogP contribution is -2.31. The highest BCUT2D eigenvalue weighted by atomic mass is 79.9. The Balaban J connectivity index is 2.65. The van der Waals surface area contributed by atoms with Crippen LogP contribution in [0.1, 0.15) is 19.4 Å². The Bertz CT molecular complexity index is 299. The number of alkyl halides is 1. The molecule has 1 rings (SSSR count). The maximum atomic E-state index is 3.50. The summed E-state index contributed by atoms with van der Waals surface area (Å²) in [6, 6.07) is 9.10. The first-order valence-corrected chi connectivity index (χ1v) is 7.09. The average molecular weight is 335 g/mol. The predicted molar refractivity (Wildman–Crippen MR) is 73.5 cm³/mol. The lowest BCUT2D eigenvalue weighted by molar-refractivity contribution is 0.227. The van der Waals surface area contributed by atoms with Crippen molar-refractivity contribution >= 4 is 31.9 Å². The molecule has 0 heterocycles. The van der Waals surface area contributed by atoms with Crippen LogP contribution in [0, 0.1) is 0 Å². The van der Waals surface area contributed by atoms with Crippen LogP contribution in [0.5, 0.6) is 0 Å². The van der Waals surface area contributed by atoms with E-state index >= 15 is 0 Å². The fraction of sp³-hybridized carbons (Fsp3) is 0.500. The fourth-order valence-corrected chi connectivity index (χ4v) is 2.40. The molecular formula is C12H17Br2N. The largest absolute Gasteiger partial charge is 0.296 e. The third-order valence-corrected chi connectivity index (χ3v) is 3.22. The van der Waals surface area contributed by atoms with E-state index in [1.165, 1.54) is 5.56 Å². The Labute approximate surface area is 109 Å². The highest BCUT2D eigenvalue weighted by Gasteiger charge is 2.08. The molecular weight excluding hydrogens is 318 g/mol. The first-order chi connectivity index (χ1) is 7.13. The Morgan fingerprint density at radius 3 is 2.60 bits per heavy atom. The van der Waals surface area contributed by atoms with Crippen molar-refractivity contribution in [2.45, 2.75) is 26.4 Å². The summed E-state index contributed by atoms with van der Waals surface area (Å²) < 4.78 is 1.16. The molecule has 0 unspecified atom stereocenters. The molecule has 0 radical (unpaired) electrons. The zero-order valence-corrected chi connectivity index (χ0v) is 12.4. The minimum Gasteiger partial charge on any atom is -0.296 e. The smallest absolute Gasteiger partial charge is 0.0237 e. The molecule has 0 spiro atoms. The number of rotatable bonds is 5. The molecule has 0 aliphatic carbocycles. The zero-order valence-electron chi connectivity index (χ0n) is 9.21. The lowest BCUT2D eigenvalue weighted by atomic mass is 10.2. The summed E-state index contributed by atoms with van der Waals surface area (Å²) in [6.07, 6.45) is 0. The summed E-state index contributed by atoms with van der Waals surface area (Å²) >= 11 is 7.00. The van der Waals surface area contributed by atoms with Crippen LogP contribution in [0.2, 0.25) is 0 Å². The fourth-order valence-electron chi connectivity index (χ4n) is 1.50. The summed E-state index contributed by atoms with van der Waals surface area (Å²) in [5, 5.41) is 1.03. The molecule has 1 nitrogen and oxygen atoms in total. The summed E-state index contributed by atoms with van der Waals surface area (Å²) in [5.74, 6) is 0. The molecule has 0 aliphatic heterocycles. The van der Waals surface area contributed by atoms with Gasteiger partial charge in [-0.05, 0) is 31.5 Å². The van der Waals surface area contributed by atoms with E-state index in [1.54, 1.807) is 0 Å². The number of nitrogens with zero attached hydrogens (tertiary/aromatic N) is 1. The van der Waals surface area contributed by atoms with Gasteiger partial charge in [0.25, 0.3) is 0 Å². The van der Waals surface area contributed by atoms with Crippen molar-refractivity contribution in [1.29, 1.82) is 0 Å². The van der Waals surface area contributed by atoms with E-state index in [1.807, 2.05) is 0 Å². The second-order valence-electron chi connectivity index (χ2n) is 3.88. The number of hydrogen-bond acceptors (Lipinski definition) is 1. The van der Waals surface area contributed by atoms with E-state index in [0.717, 1.165) is 22.9 Å². The molecule has 0 aliphatic rings. The summed E-state index contributed by atoms with van der Waals surface area (Å²) in [4.78, 5) is 2.45. The molecule has 0 saturated carbocycles. The van der Waals surface area contributed by atoms with Gasteiger partial charge in [0, 0.05) is 28.9 Å². The van der Waals surface area contributed by atoms with Crippen LogP contribution >= 0.6 is 31.9 Å². The molecule has 0 saturated heterocycles. The minimum absolute atomic E-state index is 0.585. The average Bonchev–Trinajstić information content (AvgIpc) is 2.17. The van der Waals surface area contributed by atoms with Crippen LogP contribution < -0.4 is 0 Å². The molecule has 0 N–H and O–H groups in total. The van der Waals surface area contributed by atoms with Crippen molar-refractivity contribution in [2.75, 3.05) is 11.9 Å². The van der Waals surface area contributed by atoms with Gasteiger partial charge in [-0.15, -0.1) is 0 Å². The normalized spacial score (nSPS) is 11.3. The Morgan fingerprint density at radius 1 is 1.33 bits per heavy atom. The molecule has 0 atom stereocenters. The maximum absolute atomic E-state index is 3.50. The SMILES string of the molecule is CC(C)N(CCBr)Cc1cccc(Br)c1. The number of hydrogen-bond donors (Lipinski definition) is 0. The van der Waals surface area contributed by atoms with Crippen LogP contribution in [0.15, 0.2) is 28.7 Å². The zero-order chi connectivity index (χ0) is 11.3. The van der Waals surface area contributed by atoms with Crippen LogP contribution in [0.3, 0.4) is 0 Å². The van der Waals surface area contributed by atoms with E-state index in [2.05, 4.69) is 74.9 Å². The molecule has 84 valence electrons. The van der Waals surface area contributed by atoms with Crippen LogP contribution in [0.4, 0.5) is 0 Å². The third kappa shape index (κ3) is 4.66. The van der Waals surface area contributed by atoms with E-state index in [0.29, 0.717) is 6.04 Å². The van der Waals surface area contributed by atoms with Crippen LogP contribution in [-0.4, -0.2) is 22.8 Å². The van der Waals surface area contributed by atoms with Gasteiger partial charge in [-0.2, -0.15) is 0 Å². The molecule has 0 bridgehead atoms. The van der Waals surface area contributed by atoms with Gasteiger partial charge in [0.15, 0.2) is 0 Å². The predicted octanol–water partition coefficient (Wildman–Crippen LogP) is 4.05. The standard InChI is InChI=1S/C12H17Br2N/c1-10(2)15(7-6-13)9-11-4-3-5-12(14)8-11/h3-5,8,10H,6-7,9H2,1-2H3. The van der Waals surface area contributed by atoms with Gasteiger partial charge >= 0.3 is 0 Å². The molecule has 0 aromatic heterocycles. The summed E-state index contributed by atoms with van der Waals surface area (Å²) in [7, 11) is 0. The number of halogens is 2. The topological polar surface area (TPSA) is 3.24 Å². The maximum Gasteiger partial charge on any atom is 0.0237 e. The van der Waals surface area contributed by atoms with Gasteiger partial charge in [-0.25, -0.2) is 0 Å². The van der Waals surface area contributed by atoms with E-state index < -0.39 is 0 Å². The van der Waals surface area contributed by atoms with Gasteiger partial charge in [0.2, 0.25) is 0 Å². The molecule has 1 aromatic rings. The second-order valence-corrected chi connectivity index (χ2v) is 5.59. The highest BCUT2D eigenvalue weighted by Crippen LogP contribution is 2.14. The van der Waals surface area contributed by atoms with Crippen molar-refractivity contribution < 1.29 is 0 Å². The van der Waals surface area contributed by atoms with Crippen molar-refractivity contribution in [3.05, 3.63) is 34.3 Å². The van der Waals surface area contributed by atoms with Crippen LogP contribution in [0.25, 0.3) is 0 Å². The Morgan fingerprint density at radius 2 is 2.07 bits per heavy atom. The van der Waals surface area contributed by atoms with Crippen LogP contribution in [-0.2, 0) is 6.54 Å². The van der Waals surface area contributed by atoms with E-state index in [-0.39, 0.29) is 0 Å². The van der Waals surface area contributed by atoms with Crippen molar-refractivity contribution in [2.24, 2.45) is 0 Å². The molecule has 15 heavy (non-hydrogen) atoms. The highest BCUT2D eigenvalue weighted by molar-refractivity contribution is 9.10. The Hall–Kier alpha value is 0.140. The van der Waals surface area contributed by atoms with Crippen molar-refractivity contribution in [1.82, 2.24) is 4.90 Å². The molecule has 0 amide bonds. The second kappa shape index (κ2) is 6.66. The minimum atomic E-state index is 0.585. The number of benzene rings is 1. The van der Waals surface area contributed by atoms with Gasteiger partial charge in [0.05, 0.1) is 0 Å². The van der Waals surface area contributed by atoms with Gasteiger partial charge in [-0.3, -0.25) is 4.90 Å². The molecule has 0 fully saturated rings. The first kappa shape index (κ1) is 13.2. The molecule has 1 aromatic carbocycles. The molecule has 3 heteroatoms. The Kier molecular flexibility index (Phi) is 5.87. The summed E-state index contributed by atoms with van der Waals surface area (Å²) in [5.41, 5.74) is 1.36. The first-order valence-electron chi connectivity index (χ1n) is 5.18. The van der Waals surface area contributed by atoms with Crippen molar-refractivity contribution in [3.63, 3.8) is 0 Å². The van der Waals surface area contributed by atoms with E-state index in [9.17, 15) is 0 Å². The monoisotopic (exact) mass is 333 g/mol. The van der Waals surface area contributed by atoms with Gasteiger partial charge in [-0.1, -0.05) is 44.0 Å². The van der Waals surface area contributed by atoms with Gasteiger partial charge < -0.3 is 0 Å².